The zero-order chi connectivity index (χ0) is 11.9. The molecule has 0 saturated carbocycles. The minimum absolute atomic E-state index is 0.0438. The summed E-state index contributed by atoms with van der Waals surface area (Å²) in [4.78, 5) is 0. The number of ether oxygens (including phenoxy) is 1. The lowest BCUT2D eigenvalue weighted by molar-refractivity contribution is -0.0257. The molecule has 3 nitrogen and oxygen atoms in total. The van der Waals surface area contributed by atoms with Crippen molar-refractivity contribution in [2.24, 2.45) is 0 Å². The average Bonchev–Trinajstić information content (AvgIpc) is 2.15. The normalized spacial score (nSPS) is 14.6. The monoisotopic (exact) mass is 217 g/mol. The van der Waals surface area contributed by atoms with Gasteiger partial charge in [-0.1, -0.05) is 20.8 Å². The Hall–Kier alpha value is -0.120. The summed E-state index contributed by atoms with van der Waals surface area (Å²) in [5.74, 6) is 0. The van der Waals surface area contributed by atoms with E-state index in [-0.39, 0.29) is 18.2 Å². The van der Waals surface area contributed by atoms with Crippen molar-refractivity contribution in [3.05, 3.63) is 0 Å². The van der Waals surface area contributed by atoms with Crippen LogP contribution in [0.2, 0.25) is 0 Å². The summed E-state index contributed by atoms with van der Waals surface area (Å²) < 4.78 is 5.74. The van der Waals surface area contributed by atoms with E-state index < -0.39 is 0 Å². The van der Waals surface area contributed by atoms with Gasteiger partial charge in [0.25, 0.3) is 0 Å². The van der Waals surface area contributed by atoms with Crippen LogP contribution in [0.3, 0.4) is 0 Å². The Morgan fingerprint density at radius 2 is 1.93 bits per heavy atom. The van der Waals surface area contributed by atoms with Gasteiger partial charge in [-0.2, -0.15) is 0 Å². The fraction of sp³-hybridized carbons (Fsp3) is 1.00. The van der Waals surface area contributed by atoms with Crippen LogP contribution in [-0.2, 0) is 4.74 Å². The van der Waals surface area contributed by atoms with Crippen molar-refractivity contribution in [2.75, 3.05) is 13.2 Å². The summed E-state index contributed by atoms with van der Waals surface area (Å²) >= 11 is 0. The van der Waals surface area contributed by atoms with Gasteiger partial charge in [-0.25, -0.2) is 0 Å². The van der Waals surface area contributed by atoms with E-state index in [4.69, 9.17) is 9.84 Å². The van der Waals surface area contributed by atoms with Crippen molar-refractivity contribution >= 4 is 0 Å². The summed E-state index contributed by atoms with van der Waals surface area (Å²) in [6, 6.07) is 0.555. The van der Waals surface area contributed by atoms with Gasteiger partial charge in [-0.15, -0.1) is 0 Å². The molecule has 2 N–H and O–H groups in total. The van der Waals surface area contributed by atoms with Crippen LogP contribution in [0.4, 0.5) is 0 Å². The highest BCUT2D eigenvalue weighted by atomic mass is 16.5. The molecule has 0 amide bonds. The van der Waals surface area contributed by atoms with E-state index in [9.17, 15) is 0 Å². The van der Waals surface area contributed by atoms with Gasteiger partial charge in [0.05, 0.1) is 12.2 Å². The van der Waals surface area contributed by atoms with Crippen LogP contribution >= 0.6 is 0 Å². The highest BCUT2D eigenvalue weighted by Crippen LogP contribution is 2.13. The predicted octanol–water partition coefficient (Wildman–Crippen LogP) is 1.94. The van der Waals surface area contributed by atoms with Crippen LogP contribution in [-0.4, -0.2) is 36.0 Å². The summed E-state index contributed by atoms with van der Waals surface area (Å²) in [7, 11) is 0. The van der Waals surface area contributed by atoms with Crippen LogP contribution in [0.25, 0.3) is 0 Å². The molecule has 0 fully saturated rings. The van der Waals surface area contributed by atoms with Crippen LogP contribution in [0.1, 0.15) is 47.5 Å². The van der Waals surface area contributed by atoms with Crippen molar-refractivity contribution in [3.63, 3.8) is 0 Å². The molecule has 0 bridgehead atoms. The van der Waals surface area contributed by atoms with Crippen LogP contribution in [0, 0.1) is 0 Å². The predicted molar refractivity (Wildman–Crippen MR) is 64.1 cm³/mol. The Morgan fingerprint density at radius 3 is 2.33 bits per heavy atom. The Labute approximate surface area is 94.2 Å². The molecular formula is C12H27NO2. The van der Waals surface area contributed by atoms with E-state index in [1.165, 1.54) is 0 Å². The fourth-order valence-electron chi connectivity index (χ4n) is 1.28. The molecule has 1 atom stereocenters. The third-order valence-electron chi connectivity index (χ3n) is 2.60. The van der Waals surface area contributed by atoms with Crippen molar-refractivity contribution in [3.8, 4) is 0 Å². The molecule has 0 aliphatic heterocycles. The molecule has 0 heterocycles. The molecule has 0 spiro atoms. The van der Waals surface area contributed by atoms with E-state index in [1.54, 1.807) is 0 Å². The summed E-state index contributed by atoms with van der Waals surface area (Å²) in [6.45, 7) is 11.3. The molecule has 0 aromatic carbocycles. The molecule has 3 heteroatoms. The maximum absolute atomic E-state index is 9.14. The van der Waals surface area contributed by atoms with Gasteiger partial charge >= 0.3 is 0 Å². The van der Waals surface area contributed by atoms with Gasteiger partial charge in [0.15, 0.2) is 0 Å². The number of rotatable bonds is 8. The van der Waals surface area contributed by atoms with Gasteiger partial charge in [0, 0.05) is 18.7 Å². The first-order valence-corrected chi connectivity index (χ1v) is 5.92. The average molecular weight is 217 g/mol. The summed E-state index contributed by atoms with van der Waals surface area (Å²) in [5.41, 5.74) is -0.0438. The molecule has 0 aliphatic rings. The van der Waals surface area contributed by atoms with E-state index in [2.05, 4.69) is 39.9 Å². The molecule has 0 saturated heterocycles. The SMILES string of the molecule is CCC(C)(C)OCCC(CO)NC(C)C. The zero-order valence-electron chi connectivity index (χ0n) is 10.8. The maximum atomic E-state index is 9.14. The topological polar surface area (TPSA) is 41.5 Å². The second kappa shape index (κ2) is 7.20. The lowest BCUT2D eigenvalue weighted by Gasteiger charge is -2.25. The Kier molecular flexibility index (Phi) is 7.14. The smallest absolute Gasteiger partial charge is 0.0623 e. The van der Waals surface area contributed by atoms with Gasteiger partial charge < -0.3 is 15.2 Å². The number of hydrogen-bond acceptors (Lipinski definition) is 3. The molecule has 0 rings (SSSR count). The number of nitrogens with one attached hydrogen (secondary N) is 1. The van der Waals surface area contributed by atoms with E-state index in [0.29, 0.717) is 12.6 Å². The minimum atomic E-state index is -0.0438. The van der Waals surface area contributed by atoms with E-state index >= 15 is 0 Å². The molecule has 0 aromatic heterocycles. The first-order valence-electron chi connectivity index (χ1n) is 5.92. The third kappa shape index (κ3) is 7.77. The fourth-order valence-corrected chi connectivity index (χ4v) is 1.28. The lowest BCUT2D eigenvalue weighted by atomic mass is 10.1. The Balaban J connectivity index is 3.72. The minimum Gasteiger partial charge on any atom is -0.395 e. The molecule has 0 radical (unpaired) electrons. The standard InChI is InChI=1S/C12H27NO2/c1-6-12(4,5)15-8-7-11(9-14)13-10(2)3/h10-11,13-14H,6-9H2,1-5H3. The first kappa shape index (κ1) is 14.9. The molecule has 1 unspecified atom stereocenters. The number of aliphatic hydroxyl groups excluding tert-OH is 1. The second-order valence-corrected chi connectivity index (χ2v) is 4.95. The molecule has 0 aliphatic carbocycles. The summed E-state index contributed by atoms with van der Waals surface area (Å²) in [5, 5.41) is 12.4. The Morgan fingerprint density at radius 1 is 1.33 bits per heavy atom. The highest BCUT2D eigenvalue weighted by Gasteiger charge is 2.16. The Bertz CT molecular complexity index is 158. The zero-order valence-corrected chi connectivity index (χ0v) is 10.8. The molecule has 0 aromatic rings. The van der Waals surface area contributed by atoms with E-state index in [1.807, 2.05) is 0 Å². The second-order valence-electron chi connectivity index (χ2n) is 4.95. The number of aliphatic hydroxyl groups is 1. The molecule has 15 heavy (non-hydrogen) atoms. The van der Waals surface area contributed by atoms with Crippen molar-refractivity contribution in [1.82, 2.24) is 5.32 Å². The quantitative estimate of drug-likeness (QED) is 0.653. The molecule has 92 valence electrons. The lowest BCUT2D eigenvalue weighted by Crippen LogP contribution is -2.39. The van der Waals surface area contributed by atoms with Gasteiger partial charge in [-0.05, 0) is 26.7 Å². The van der Waals surface area contributed by atoms with E-state index in [0.717, 1.165) is 12.8 Å². The van der Waals surface area contributed by atoms with Gasteiger partial charge in [0.2, 0.25) is 0 Å². The maximum Gasteiger partial charge on any atom is 0.0623 e. The van der Waals surface area contributed by atoms with Gasteiger partial charge in [0.1, 0.15) is 0 Å². The van der Waals surface area contributed by atoms with Crippen LogP contribution in [0.15, 0.2) is 0 Å². The van der Waals surface area contributed by atoms with Crippen molar-refractivity contribution in [2.45, 2.75) is 65.1 Å². The largest absolute Gasteiger partial charge is 0.395 e. The van der Waals surface area contributed by atoms with Crippen molar-refractivity contribution < 1.29 is 9.84 Å². The van der Waals surface area contributed by atoms with Crippen LogP contribution in [0.5, 0.6) is 0 Å². The van der Waals surface area contributed by atoms with Crippen LogP contribution < -0.4 is 5.32 Å². The molecular weight excluding hydrogens is 190 g/mol. The van der Waals surface area contributed by atoms with Gasteiger partial charge in [-0.3, -0.25) is 0 Å². The third-order valence-corrected chi connectivity index (χ3v) is 2.60. The highest BCUT2D eigenvalue weighted by molar-refractivity contribution is 4.70. The first-order chi connectivity index (χ1) is 6.91. The van der Waals surface area contributed by atoms with Crippen molar-refractivity contribution in [1.29, 1.82) is 0 Å². The number of hydrogen-bond donors (Lipinski definition) is 2. The summed E-state index contributed by atoms with van der Waals surface area (Å²) in [6.07, 6.45) is 1.87.